The van der Waals surface area contributed by atoms with Gasteiger partial charge in [0, 0.05) is 36.4 Å². The van der Waals surface area contributed by atoms with Crippen LogP contribution in [0.25, 0.3) is 28.0 Å². The van der Waals surface area contributed by atoms with Gasteiger partial charge in [-0.25, -0.2) is 15.0 Å². The lowest BCUT2D eigenvalue weighted by atomic mass is 10.1. The summed E-state index contributed by atoms with van der Waals surface area (Å²) in [4.78, 5) is 20.4. The van der Waals surface area contributed by atoms with E-state index in [2.05, 4.69) is 53.0 Å². The molecule has 0 aromatic carbocycles. The molecule has 150 valence electrons. The highest BCUT2D eigenvalue weighted by molar-refractivity contribution is 7.80. The Morgan fingerprint density at radius 1 is 1.31 bits per heavy atom. The van der Waals surface area contributed by atoms with Crippen molar-refractivity contribution in [3.05, 3.63) is 48.4 Å². The highest BCUT2D eigenvalue weighted by Crippen LogP contribution is 2.32. The Bertz CT molecular complexity index is 1070. The van der Waals surface area contributed by atoms with Crippen LogP contribution < -0.4 is 4.90 Å². The summed E-state index contributed by atoms with van der Waals surface area (Å²) >= 11 is 4.82. The molecule has 4 rings (SSSR count). The number of anilines is 1. The molecule has 7 heteroatoms. The average molecular weight is 408 g/mol. The molecule has 3 aromatic rings. The van der Waals surface area contributed by atoms with Gasteiger partial charge in [-0.3, -0.25) is 0 Å². The van der Waals surface area contributed by atoms with E-state index in [-0.39, 0.29) is 0 Å². The Labute approximate surface area is 176 Å². The largest absolute Gasteiger partial charge is 0.378 e. The van der Waals surface area contributed by atoms with Crippen molar-refractivity contribution in [1.82, 2.24) is 19.9 Å². The van der Waals surface area contributed by atoms with Crippen LogP contribution in [-0.4, -0.2) is 46.2 Å². The molecular formula is C22H25N5OS. The second kappa shape index (κ2) is 8.80. The number of thiol groups is 1. The van der Waals surface area contributed by atoms with E-state index in [1.807, 2.05) is 18.5 Å². The molecule has 1 fully saturated rings. The van der Waals surface area contributed by atoms with Crippen molar-refractivity contribution in [2.24, 2.45) is 0 Å². The molecule has 1 aliphatic heterocycles. The second-order valence-corrected chi connectivity index (χ2v) is 7.44. The quantitative estimate of drug-likeness (QED) is 0.481. The monoisotopic (exact) mass is 407 g/mol. The minimum atomic E-state index is 0.655. The first kappa shape index (κ1) is 19.7. The summed E-state index contributed by atoms with van der Waals surface area (Å²) in [6.45, 7) is 7.13. The van der Waals surface area contributed by atoms with E-state index in [9.17, 15) is 0 Å². The standard InChI is InChI=1S/C22H25N5OS/c1-3-4-5-6-15(2)18-19(29)22(27-9-11-28-12-10-27)26-21(25-18)17-13-16-7-8-23-20(16)24-14-17/h4-8,13-14,29H,3,9-12H2,1-2H3,(H,23,24)/b5-4+,15-6+. The molecule has 1 N–H and O–H groups in total. The van der Waals surface area contributed by atoms with Crippen molar-refractivity contribution in [2.45, 2.75) is 25.2 Å². The first-order valence-corrected chi connectivity index (χ1v) is 10.3. The van der Waals surface area contributed by atoms with Crippen LogP contribution in [0, 0.1) is 0 Å². The SMILES string of the molecule is CC/C=C/C=C(\C)c1nc(-c2cnc3[nH]ccc3c2)nc(N2CCOCC2)c1S. The first-order chi connectivity index (χ1) is 14.2. The van der Waals surface area contributed by atoms with E-state index >= 15 is 0 Å². The summed E-state index contributed by atoms with van der Waals surface area (Å²) in [6.07, 6.45) is 11.0. The Balaban J connectivity index is 1.84. The maximum absolute atomic E-state index is 5.51. The lowest BCUT2D eigenvalue weighted by molar-refractivity contribution is 0.122. The molecule has 6 nitrogen and oxygen atoms in total. The minimum Gasteiger partial charge on any atom is -0.378 e. The number of H-pyrrole nitrogens is 1. The smallest absolute Gasteiger partial charge is 0.163 e. The topological polar surface area (TPSA) is 66.9 Å². The molecule has 3 aromatic heterocycles. The van der Waals surface area contributed by atoms with Crippen LogP contribution >= 0.6 is 12.6 Å². The highest BCUT2D eigenvalue weighted by atomic mass is 32.1. The zero-order valence-corrected chi connectivity index (χ0v) is 17.6. The number of allylic oxidation sites excluding steroid dienone is 4. The number of pyridine rings is 1. The predicted molar refractivity (Wildman–Crippen MR) is 120 cm³/mol. The third-order valence-corrected chi connectivity index (χ3v) is 5.34. The van der Waals surface area contributed by atoms with Gasteiger partial charge >= 0.3 is 0 Å². The van der Waals surface area contributed by atoms with Gasteiger partial charge in [0.2, 0.25) is 0 Å². The molecule has 1 aliphatic rings. The number of rotatable bonds is 5. The summed E-state index contributed by atoms with van der Waals surface area (Å²) in [5.41, 5.74) is 3.63. The number of fused-ring (bicyclic) bond motifs is 1. The van der Waals surface area contributed by atoms with Gasteiger partial charge in [-0.1, -0.05) is 25.2 Å². The van der Waals surface area contributed by atoms with Gasteiger partial charge in [-0.2, -0.15) is 0 Å². The number of aromatic nitrogens is 4. The van der Waals surface area contributed by atoms with Crippen molar-refractivity contribution in [2.75, 3.05) is 31.2 Å². The summed E-state index contributed by atoms with van der Waals surface area (Å²) in [7, 11) is 0. The zero-order valence-electron chi connectivity index (χ0n) is 16.7. The highest BCUT2D eigenvalue weighted by Gasteiger charge is 2.21. The maximum atomic E-state index is 5.51. The van der Waals surface area contributed by atoms with E-state index in [0.29, 0.717) is 19.0 Å². The van der Waals surface area contributed by atoms with Crippen molar-refractivity contribution >= 4 is 35.1 Å². The lowest BCUT2D eigenvalue weighted by Crippen LogP contribution is -2.37. The molecule has 0 spiro atoms. The number of aromatic amines is 1. The fourth-order valence-corrected chi connectivity index (χ4v) is 3.75. The van der Waals surface area contributed by atoms with Crippen LogP contribution in [0.1, 0.15) is 26.0 Å². The Hall–Kier alpha value is -2.64. The predicted octanol–water partition coefficient (Wildman–Crippen LogP) is 4.51. The molecule has 29 heavy (non-hydrogen) atoms. The third-order valence-electron chi connectivity index (χ3n) is 4.93. The van der Waals surface area contributed by atoms with Crippen LogP contribution in [0.15, 0.2) is 47.6 Å². The summed E-state index contributed by atoms with van der Waals surface area (Å²) in [5, 5.41) is 1.04. The van der Waals surface area contributed by atoms with E-state index in [1.165, 1.54) is 0 Å². The number of nitrogens with zero attached hydrogens (tertiary/aromatic N) is 4. The van der Waals surface area contributed by atoms with Crippen LogP contribution in [0.2, 0.25) is 0 Å². The van der Waals surface area contributed by atoms with Crippen molar-refractivity contribution in [1.29, 1.82) is 0 Å². The van der Waals surface area contributed by atoms with Crippen LogP contribution in [-0.2, 0) is 4.74 Å². The molecule has 4 heterocycles. The second-order valence-electron chi connectivity index (χ2n) is 6.99. The Morgan fingerprint density at radius 3 is 2.93 bits per heavy atom. The molecule has 0 saturated carbocycles. The van der Waals surface area contributed by atoms with Gasteiger partial charge in [0.15, 0.2) is 5.82 Å². The molecule has 0 atom stereocenters. The van der Waals surface area contributed by atoms with Gasteiger partial charge < -0.3 is 14.6 Å². The van der Waals surface area contributed by atoms with E-state index in [0.717, 1.165) is 58.1 Å². The molecule has 0 amide bonds. The Kier molecular flexibility index (Phi) is 5.97. The normalized spacial score (nSPS) is 15.6. The van der Waals surface area contributed by atoms with E-state index < -0.39 is 0 Å². The maximum Gasteiger partial charge on any atom is 0.163 e. The van der Waals surface area contributed by atoms with Crippen LogP contribution in [0.5, 0.6) is 0 Å². The summed E-state index contributed by atoms with van der Waals surface area (Å²) in [6, 6.07) is 4.07. The molecule has 1 saturated heterocycles. The van der Waals surface area contributed by atoms with Gasteiger partial charge in [0.05, 0.1) is 23.8 Å². The van der Waals surface area contributed by atoms with Crippen molar-refractivity contribution in [3.8, 4) is 11.4 Å². The lowest BCUT2D eigenvalue weighted by Gasteiger charge is -2.29. The van der Waals surface area contributed by atoms with Gasteiger partial charge in [-0.05, 0) is 31.1 Å². The average Bonchev–Trinajstić information content (AvgIpc) is 3.22. The molecule has 0 unspecified atom stereocenters. The molecule has 0 aliphatic carbocycles. The Morgan fingerprint density at radius 2 is 2.14 bits per heavy atom. The van der Waals surface area contributed by atoms with E-state index in [1.54, 1.807) is 0 Å². The first-order valence-electron chi connectivity index (χ1n) is 9.88. The van der Waals surface area contributed by atoms with Gasteiger partial charge in [-0.15, -0.1) is 12.6 Å². The van der Waals surface area contributed by atoms with Crippen molar-refractivity contribution < 1.29 is 4.74 Å². The number of hydrogen-bond acceptors (Lipinski definition) is 6. The van der Waals surface area contributed by atoms with Crippen molar-refractivity contribution in [3.63, 3.8) is 0 Å². The minimum absolute atomic E-state index is 0.655. The fourth-order valence-electron chi connectivity index (χ4n) is 3.33. The van der Waals surface area contributed by atoms with E-state index in [4.69, 9.17) is 27.3 Å². The van der Waals surface area contributed by atoms with Gasteiger partial charge in [0.1, 0.15) is 11.5 Å². The number of hydrogen-bond donors (Lipinski definition) is 2. The number of ether oxygens (including phenoxy) is 1. The fraction of sp³-hybridized carbons (Fsp3) is 0.318. The van der Waals surface area contributed by atoms with Crippen LogP contribution in [0.3, 0.4) is 0 Å². The third kappa shape index (κ3) is 4.21. The summed E-state index contributed by atoms with van der Waals surface area (Å²) < 4.78 is 5.51. The summed E-state index contributed by atoms with van der Waals surface area (Å²) in [5.74, 6) is 1.50. The molecule has 0 radical (unpaired) electrons. The number of morpholine rings is 1. The molecule has 0 bridgehead atoms. The number of nitrogens with one attached hydrogen (secondary N) is 1. The van der Waals surface area contributed by atoms with Gasteiger partial charge in [0.25, 0.3) is 0 Å². The zero-order chi connectivity index (χ0) is 20.2. The molecular weight excluding hydrogens is 382 g/mol. The van der Waals surface area contributed by atoms with Crippen LogP contribution in [0.4, 0.5) is 5.82 Å².